The second-order valence-electron chi connectivity index (χ2n) is 7.03. The van der Waals surface area contributed by atoms with Crippen molar-refractivity contribution >= 4 is 5.95 Å². The average Bonchev–Trinajstić information content (AvgIpc) is 3.27. The lowest BCUT2D eigenvalue weighted by Crippen LogP contribution is -2.33. The van der Waals surface area contributed by atoms with Gasteiger partial charge in [0.2, 0.25) is 5.95 Å². The van der Waals surface area contributed by atoms with Crippen LogP contribution in [0.2, 0.25) is 0 Å². The number of rotatable bonds is 4. The second kappa shape index (κ2) is 6.34. The van der Waals surface area contributed by atoms with Crippen molar-refractivity contribution in [1.82, 2.24) is 20.0 Å². The summed E-state index contributed by atoms with van der Waals surface area (Å²) >= 11 is 0. The van der Waals surface area contributed by atoms with Crippen LogP contribution < -0.4 is 5.32 Å². The van der Waals surface area contributed by atoms with Crippen LogP contribution in [0.5, 0.6) is 0 Å². The van der Waals surface area contributed by atoms with Gasteiger partial charge in [-0.15, -0.1) is 0 Å². The van der Waals surface area contributed by atoms with Crippen LogP contribution in [0.25, 0.3) is 0 Å². The minimum atomic E-state index is -0.435. The number of hydrogen-bond acceptors (Lipinski definition) is 7. The molecule has 0 saturated carbocycles. The van der Waals surface area contributed by atoms with Crippen molar-refractivity contribution in [3.05, 3.63) is 35.2 Å². The zero-order valence-electron chi connectivity index (χ0n) is 14.5. The van der Waals surface area contributed by atoms with Gasteiger partial charge >= 0.3 is 0 Å². The summed E-state index contributed by atoms with van der Waals surface area (Å²) < 4.78 is 24.3. The van der Waals surface area contributed by atoms with Crippen LogP contribution in [0.3, 0.4) is 0 Å². The molecule has 2 fully saturated rings. The fraction of sp³-hybridized carbons (Fsp3) is 0.588. The number of hydrogen-bond donors (Lipinski definition) is 1. The third kappa shape index (κ3) is 3.36. The molecule has 0 aliphatic carbocycles. The first-order valence-electron chi connectivity index (χ1n) is 8.55. The summed E-state index contributed by atoms with van der Waals surface area (Å²) in [5.74, 6) is 0.895. The molecule has 25 heavy (non-hydrogen) atoms. The summed E-state index contributed by atoms with van der Waals surface area (Å²) in [6.07, 6.45) is 4.23. The van der Waals surface area contributed by atoms with Gasteiger partial charge in [-0.3, -0.25) is 4.90 Å². The van der Waals surface area contributed by atoms with Crippen molar-refractivity contribution in [3.63, 3.8) is 0 Å². The Balaban J connectivity index is 1.35. The van der Waals surface area contributed by atoms with Gasteiger partial charge in [-0.25, -0.2) is 14.4 Å². The Kier molecular flexibility index (Phi) is 4.16. The molecule has 2 aliphatic rings. The maximum Gasteiger partial charge on any atom is 0.223 e. The Morgan fingerprint density at radius 2 is 2.16 bits per heavy atom. The zero-order chi connectivity index (χ0) is 17.4. The summed E-state index contributed by atoms with van der Waals surface area (Å²) in [6, 6.07) is 0.143. The van der Waals surface area contributed by atoms with Crippen molar-refractivity contribution in [2.45, 2.75) is 44.9 Å². The van der Waals surface area contributed by atoms with Gasteiger partial charge in [-0.1, -0.05) is 5.16 Å². The number of aryl methyl sites for hydroxylation is 2. The van der Waals surface area contributed by atoms with Gasteiger partial charge in [0, 0.05) is 31.6 Å². The first kappa shape index (κ1) is 16.4. The Labute approximate surface area is 145 Å². The molecular formula is C17H22FN5O2. The SMILES string of the molecule is Cc1noc(C)c1CN1CCC2(CC(Nc3ncc(F)cn3)CO2)C1. The topological polar surface area (TPSA) is 76.3 Å². The molecule has 4 rings (SSSR count). The Morgan fingerprint density at radius 1 is 1.36 bits per heavy atom. The lowest BCUT2D eigenvalue weighted by atomic mass is 9.97. The third-order valence-electron chi connectivity index (χ3n) is 5.12. The molecule has 0 aromatic carbocycles. The van der Waals surface area contributed by atoms with E-state index in [0.29, 0.717) is 12.6 Å². The van der Waals surface area contributed by atoms with Crippen LogP contribution in [0.4, 0.5) is 10.3 Å². The molecule has 1 spiro atoms. The summed E-state index contributed by atoms with van der Waals surface area (Å²) in [5.41, 5.74) is 2.00. The fourth-order valence-electron chi connectivity index (χ4n) is 3.80. The van der Waals surface area contributed by atoms with Crippen molar-refractivity contribution in [2.24, 2.45) is 0 Å². The fourth-order valence-corrected chi connectivity index (χ4v) is 3.80. The van der Waals surface area contributed by atoms with Gasteiger partial charge < -0.3 is 14.6 Å². The normalized spacial score (nSPS) is 26.6. The van der Waals surface area contributed by atoms with Crippen molar-refractivity contribution in [1.29, 1.82) is 0 Å². The minimum Gasteiger partial charge on any atom is -0.371 e. The lowest BCUT2D eigenvalue weighted by Gasteiger charge is -2.23. The van der Waals surface area contributed by atoms with Gasteiger partial charge in [0.15, 0.2) is 5.82 Å². The number of anilines is 1. The Hall–Kier alpha value is -2.06. The van der Waals surface area contributed by atoms with E-state index >= 15 is 0 Å². The van der Waals surface area contributed by atoms with E-state index in [4.69, 9.17) is 9.26 Å². The smallest absolute Gasteiger partial charge is 0.223 e. The molecule has 2 aromatic rings. The molecule has 2 aromatic heterocycles. The second-order valence-corrected chi connectivity index (χ2v) is 7.03. The van der Waals surface area contributed by atoms with Gasteiger partial charge in [-0.2, -0.15) is 0 Å². The number of halogens is 1. The van der Waals surface area contributed by atoms with Gasteiger partial charge in [0.1, 0.15) is 5.76 Å². The molecule has 8 heteroatoms. The molecule has 7 nitrogen and oxygen atoms in total. The predicted octanol–water partition coefficient (Wildman–Crippen LogP) is 2.07. The molecule has 134 valence electrons. The van der Waals surface area contributed by atoms with E-state index in [2.05, 4.69) is 25.3 Å². The molecule has 0 radical (unpaired) electrons. The Bertz CT molecular complexity index is 730. The molecule has 4 heterocycles. The largest absolute Gasteiger partial charge is 0.371 e. The van der Waals surface area contributed by atoms with Crippen molar-refractivity contribution < 1.29 is 13.7 Å². The van der Waals surface area contributed by atoms with E-state index in [1.807, 2.05) is 13.8 Å². The first-order chi connectivity index (χ1) is 12.0. The third-order valence-corrected chi connectivity index (χ3v) is 5.12. The van der Waals surface area contributed by atoms with E-state index < -0.39 is 5.82 Å². The van der Waals surface area contributed by atoms with Crippen molar-refractivity contribution in [3.8, 4) is 0 Å². The molecule has 2 unspecified atom stereocenters. The number of aromatic nitrogens is 3. The van der Waals surface area contributed by atoms with Crippen molar-refractivity contribution in [2.75, 3.05) is 25.0 Å². The summed E-state index contributed by atoms with van der Waals surface area (Å²) in [5, 5.41) is 7.27. The average molecular weight is 347 g/mol. The van der Waals surface area contributed by atoms with E-state index in [0.717, 1.165) is 43.9 Å². The van der Waals surface area contributed by atoms with Gasteiger partial charge in [0.25, 0.3) is 0 Å². The van der Waals surface area contributed by atoms with E-state index in [-0.39, 0.29) is 11.6 Å². The summed E-state index contributed by atoms with van der Waals surface area (Å²) in [4.78, 5) is 10.3. The number of nitrogens with one attached hydrogen (secondary N) is 1. The zero-order valence-corrected chi connectivity index (χ0v) is 14.5. The summed E-state index contributed by atoms with van der Waals surface area (Å²) in [7, 11) is 0. The van der Waals surface area contributed by atoms with Crippen LogP contribution in [0.1, 0.15) is 29.9 Å². The molecule has 2 atom stereocenters. The highest BCUT2D eigenvalue weighted by molar-refractivity contribution is 5.26. The van der Waals surface area contributed by atoms with Crippen LogP contribution >= 0.6 is 0 Å². The molecule has 0 bridgehead atoms. The minimum absolute atomic E-state index is 0.128. The molecule has 2 saturated heterocycles. The first-order valence-corrected chi connectivity index (χ1v) is 8.55. The molecule has 2 aliphatic heterocycles. The number of ether oxygens (including phenoxy) is 1. The quantitative estimate of drug-likeness (QED) is 0.907. The lowest BCUT2D eigenvalue weighted by molar-refractivity contribution is 0.0119. The van der Waals surface area contributed by atoms with Crippen LogP contribution in [0.15, 0.2) is 16.9 Å². The Morgan fingerprint density at radius 3 is 2.88 bits per heavy atom. The highest BCUT2D eigenvalue weighted by Crippen LogP contribution is 2.36. The number of nitrogens with zero attached hydrogens (tertiary/aromatic N) is 4. The van der Waals surface area contributed by atoms with Gasteiger partial charge in [0.05, 0.1) is 36.3 Å². The molecule has 1 N–H and O–H groups in total. The summed E-state index contributed by atoms with van der Waals surface area (Å²) in [6.45, 7) is 7.26. The van der Waals surface area contributed by atoms with Gasteiger partial charge in [-0.05, 0) is 20.3 Å². The van der Waals surface area contributed by atoms with E-state index in [1.165, 1.54) is 18.0 Å². The highest BCUT2D eigenvalue weighted by atomic mass is 19.1. The molecule has 0 amide bonds. The predicted molar refractivity (Wildman–Crippen MR) is 88.6 cm³/mol. The van der Waals surface area contributed by atoms with Crippen LogP contribution in [0, 0.1) is 19.7 Å². The highest BCUT2D eigenvalue weighted by Gasteiger charge is 2.45. The van der Waals surface area contributed by atoms with E-state index in [9.17, 15) is 4.39 Å². The monoisotopic (exact) mass is 347 g/mol. The maximum atomic E-state index is 12.9. The van der Waals surface area contributed by atoms with E-state index in [1.54, 1.807) is 0 Å². The number of likely N-dealkylation sites (tertiary alicyclic amines) is 1. The molecular weight excluding hydrogens is 325 g/mol. The standard InChI is InChI=1S/C17H22FN5O2/c1-11-15(12(2)25-22-11)8-23-4-3-17(10-23)5-14(9-24-17)21-16-19-6-13(18)7-20-16/h6-7,14H,3-5,8-10H2,1-2H3,(H,19,20,21). The maximum absolute atomic E-state index is 12.9. The van der Waals surface area contributed by atoms with Crippen LogP contribution in [-0.2, 0) is 11.3 Å². The van der Waals surface area contributed by atoms with Crippen LogP contribution in [-0.4, -0.2) is 51.4 Å².